The van der Waals surface area contributed by atoms with Gasteiger partial charge in [-0.3, -0.25) is 4.79 Å². The molecule has 0 bridgehead atoms. The van der Waals surface area contributed by atoms with Crippen molar-refractivity contribution in [2.24, 2.45) is 0 Å². The number of benzene rings is 3. The monoisotopic (exact) mass is 426 g/mol. The van der Waals surface area contributed by atoms with Gasteiger partial charge < -0.3 is 14.6 Å². The maximum absolute atomic E-state index is 12.4. The van der Waals surface area contributed by atoms with Crippen LogP contribution in [0.4, 0.5) is 0 Å². The molecule has 0 aliphatic heterocycles. The molecule has 0 radical (unpaired) electrons. The van der Waals surface area contributed by atoms with E-state index < -0.39 is 5.97 Å². The van der Waals surface area contributed by atoms with Gasteiger partial charge in [0.05, 0.1) is 11.6 Å². The van der Waals surface area contributed by atoms with E-state index in [1.165, 1.54) is 0 Å². The Hall–Kier alpha value is -3.86. The third kappa shape index (κ3) is 4.57. The van der Waals surface area contributed by atoms with Crippen LogP contribution in [0.15, 0.2) is 78.9 Å². The van der Waals surface area contributed by atoms with Crippen LogP contribution >= 0.6 is 0 Å². The molecule has 0 aliphatic rings. The van der Waals surface area contributed by atoms with E-state index in [-0.39, 0.29) is 18.6 Å². The molecular weight excluding hydrogens is 400 g/mol. The van der Waals surface area contributed by atoms with E-state index in [0.717, 1.165) is 33.4 Å². The fourth-order valence-electron chi connectivity index (χ4n) is 3.88. The number of nitrogens with zero attached hydrogens (tertiary/aromatic N) is 1. The van der Waals surface area contributed by atoms with E-state index in [1.807, 2.05) is 63.2 Å². The number of fused-ring (bicyclic) bond motifs is 1. The minimum atomic E-state index is -0.522. The van der Waals surface area contributed by atoms with Crippen LogP contribution in [-0.2, 0) is 9.53 Å². The van der Waals surface area contributed by atoms with Crippen LogP contribution in [0.3, 0.4) is 0 Å². The Labute approximate surface area is 187 Å². The van der Waals surface area contributed by atoms with Crippen molar-refractivity contribution in [3.63, 3.8) is 0 Å². The lowest BCUT2D eigenvalue weighted by Gasteiger charge is -2.15. The molecule has 1 amide bonds. The van der Waals surface area contributed by atoms with Crippen LogP contribution in [0.2, 0.25) is 0 Å². The summed E-state index contributed by atoms with van der Waals surface area (Å²) < 4.78 is 7.32. The molecule has 3 aromatic carbocycles. The fraction of sp³-hybridized carbons (Fsp3) is 0.185. The number of hydrogen-bond donors (Lipinski definition) is 1. The van der Waals surface area contributed by atoms with Crippen LogP contribution < -0.4 is 5.32 Å². The second-order valence-corrected chi connectivity index (χ2v) is 7.97. The summed E-state index contributed by atoms with van der Waals surface area (Å²) in [5, 5.41) is 5.16. The molecule has 0 fully saturated rings. The maximum atomic E-state index is 12.4. The van der Waals surface area contributed by atoms with E-state index in [1.54, 1.807) is 12.1 Å². The first kappa shape index (κ1) is 21.4. The minimum absolute atomic E-state index is 0.196. The van der Waals surface area contributed by atoms with E-state index in [4.69, 9.17) is 4.74 Å². The summed E-state index contributed by atoms with van der Waals surface area (Å²) in [6.07, 6.45) is 0. The standard InChI is InChI=1S/C27H26N2O3/c1-18-8-9-19(2)29(18)25-14-12-22(13-15-25)27(31)32-17-26(30)28-20(3)23-11-10-21-6-4-5-7-24(21)16-23/h4-16,20H,17H2,1-3H3,(H,28,30). The molecule has 5 nitrogen and oxygen atoms in total. The number of ether oxygens (including phenoxy) is 1. The van der Waals surface area contributed by atoms with E-state index >= 15 is 0 Å². The van der Waals surface area contributed by atoms with Crippen LogP contribution in [-0.4, -0.2) is 23.1 Å². The number of hydrogen-bond acceptors (Lipinski definition) is 3. The second kappa shape index (κ2) is 9.10. The molecule has 1 N–H and O–H groups in total. The van der Waals surface area contributed by atoms with Gasteiger partial charge in [-0.2, -0.15) is 0 Å². The minimum Gasteiger partial charge on any atom is -0.452 e. The zero-order valence-corrected chi connectivity index (χ0v) is 18.5. The van der Waals surface area contributed by atoms with Crippen molar-refractivity contribution in [1.82, 2.24) is 9.88 Å². The van der Waals surface area contributed by atoms with Crippen molar-refractivity contribution in [1.29, 1.82) is 0 Å². The summed E-state index contributed by atoms with van der Waals surface area (Å²) in [7, 11) is 0. The van der Waals surface area contributed by atoms with Gasteiger partial charge in [-0.05, 0) is 79.6 Å². The molecule has 162 valence electrons. The molecule has 5 heteroatoms. The van der Waals surface area contributed by atoms with Gasteiger partial charge in [0, 0.05) is 17.1 Å². The van der Waals surface area contributed by atoms with Crippen LogP contribution in [0.1, 0.15) is 40.3 Å². The third-order valence-electron chi connectivity index (χ3n) is 5.62. The topological polar surface area (TPSA) is 60.3 Å². The second-order valence-electron chi connectivity index (χ2n) is 7.97. The van der Waals surface area contributed by atoms with Crippen molar-refractivity contribution in [3.05, 3.63) is 101 Å². The predicted octanol–water partition coefficient (Wildman–Crippen LogP) is 5.28. The van der Waals surface area contributed by atoms with Crippen LogP contribution in [0, 0.1) is 13.8 Å². The SMILES string of the molecule is Cc1ccc(C)n1-c1ccc(C(=O)OCC(=O)NC(C)c2ccc3ccccc3c2)cc1. The molecule has 0 saturated heterocycles. The number of carbonyl (C=O) groups is 2. The Morgan fingerprint density at radius 1 is 0.875 bits per heavy atom. The largest absolute Gasteiger partial charge is 0.452 e. The Kier molecular flexibility index (Phi) is 6.08. The summed E-state index contributed by atoms with van der Waals surface area (Å²) in [5.41, 5.74) is 4.62. The molecule has 1 aromatic heterocycles. The van der Waals surface area contributed by atoms with Gasteiger partial charge in [0.2, 0.25) is 0 Å². The quantitative estimate of drug-likeness (QED) is 0.427. The van der Waals surface area contributed by atoms with Gasteiger partial charge in [0.25, 0.3) is 5.91 Å². The van der Waals surface area contributed by atoms with Crippen molar-refractivity contribution in [3.8, 4) is 5.69 Å². The Bertz CT molecular complexity index is 1250. The van der Waals surface area contributed by atoms with Crippen molar-refractivity contribution in [2.45, 2.75) is 26.8 Å². The number of aromatic nitrogens is 1. The van der Waals surface area contributed by atoms with E-state index in [9.17, 15) is 9.59 Å². The summed E-state index contributed by atoms with van der Waals surface area (Å²) >= 11 is 0. The lowest BCUT2D eigenvalue weighted by atomic mass is 10.0. The van der Waals surface area contributed by atoms with Crippen molar-refractivity contribution in [2.75, 3.05) is 6.61 Å². The van der Waals surface area contributed by atoms with Gasteiger partial charge in [-0.1, -0.05) is 36.4 Å². The van der Waals surface area contributed by atoms with Crippen LogP contribution in [0.5, 0.6) is 0 Å². The molecule has 0 aliphatic carbocycles. The van der Waals surface area contributed by atoms with Crippen LogP contribution in [0.25, 0.3) is 16.5 Å². The number of carbonyl (C=O) groups excluding carboxylic acids is 2. The zero-order chi connectivity index (χ0) is 22.7. The average Bonchev–Trinajstić information content (AvgIpc) is 3.15. The molecule has 32 heavy (non-hydrogen) atoms. The van der Waals surface area contributed by atoms with Crippen molar-refractivity contribution < 1.29 is 14.3 Å². The highest BCUT2D eigenvalue weighted by atomic mass is 16.5. The lowest BCUT2D eigenvalue weighted by Crippen LogP contribution is -2.31. The van der Waals surface area contributed by atoms with Gasteiger partial charge >= 0.3 is 5.97 Å². The Morgan fingerprint density at radius 2 is 1.53 bits per heavy atom. The lowest BCUT2D eigenvalue weighted by molar-refractivity contribution is -0.124. The maximum Gasteiger partial charge on any atom is 0.338 e. The molecule has 0 saturated carbocycles. The summed E-state index contributed by atoms with van der Waals surface area (Å²) in [6.45, 7) is 5.65. The van der Waals surface area contributed by atoms with Gasteiger partial charge in [-0.15, -0.1) is 0 Å². The molecule has 1 unspecified atom stereocenters. The van der Waals surface area contributed by atoms with Gasteiger partial charge in [0.1, 0.15) is 0 Å². The van der Waals surface area contributed by atoms with Gasteiger partial charge in [-0.25, -0.2) is 4.79 Å². The first-order valence-corrected chi connectivity index (χ1v) is 10.6. The number of nitrogens with one attached hydrogen (secondary N) is 1. The molecule has 1 atom stereocenters. The number of amides is 1. The van der Waals surface area contributed by atoms with E-state index in [0.29, 0.717) is 5.56 Å². The first-order chi connectivity index (χ1) is 15.4. The number of rotatable bonds is 6. The molecular formula is C27H26N2O3. The van der Waals surface area contributed by atoms with Crippen molar-refractivity contribution >= 4 is 22.6 Å². The highest BCUT2D eigenvalue weighted by molar-refractivity contribution is 5.91. The summed E-state index contributed by atoms with van der Waals surface area (Å²) in [5.74, 6) is -0.861. The third-order valence-corrected chi connectivity index (χ3v) is 5.62. The summed E-state index contributed by atoms with van der Waals surface area (Å²) in [4.78, 5) is 24.7. The fourth-order valence-corrected chi connectivity index (χ4v) is 3.88. The smallest absolute Gasteiger partial charge is 0.338 e. The molecule has 4 aromatic rings. The van der Waals surface area contributed by atoms with E-state index in [2.05, 4.69) is 34.1 Å². The Morgan fingerprint density at radius 3 is 2.22 bits per heavy atom. The number of esters is 1. The average molecular weight is 427 g/mol. The molecule has 0 spiro atoms. The zero-order valence-electron chi connectivity index (χ0n) is 18.5. The molecule has 1 heterocycles. The highest BCUT2D eigenvalue weighted by Gasteiger charge is 2.14. The first-order valence-electron chi connectivity index (χ1n) is 10.6. The highest BCUT2D eigenvalue weighted by Crippen LogP contribution is 2.20. The van der Waals surface area contributed by atoms with Gasteiger partial charge in [0.15, 0.2) is 6.61 Å². The normalized spacial score (nSPS) is 11.8. The molecule has 4 rings (SSSR count). The number of aryl methyl sites for hydroxylation is 2. The predicted molar refractivity (Wildman–Crippen MR) is 126 cm³/mol. The summed E-state index contributed by atoms with van der Waals surface area (Å²) in [6, 6.07) is 25.2. The Balaban J connectivity index is 1.33.